The third kappa shape index (κ3) is 3.29. The van der Waals surface area contributed by atoms with E-state index in [0.29, 0.717) is 0 Å². The fourth-order valence-electron chi connectivity index (χ4n) is 1.52. The van der Waals surface area contributed by atoms with Crippen molar-refractivity contribution in [3.8, 4) is 5.69 Å². The van der Waals surface area contributed by atoms with E-state index in [-0.39, 0.29) is 0 Å². The normalized spacial score (nSPS) is 10.8. The SMILES string of the molecule is CCNCc1cn(-c2cc(Br)ccc2I)cn1. The van der Waals surface area contributed by atoms with Gasteiger partial charge in [0.2, 0.25) is 0 Å². The van der Waals surface area contributed by atoms with Crippen molar-refractivity contribution < 1.29 is 0 Å². The van der Waals surface area contributed by atoms with Crippen molar-refractivity contribution in [3.63, 3.8) is 0 Å². The van der Waals surface area contributed by atoms with E-state index >= 15 is 0 Å². The molecule has 2 aromatic rings. The monoisotopic (exact) mass is 405 g/mol. The summed E-state index contributed by atoms with van der Waals surface area (Å²) in [7, 11) is 0. The van der Waals surface area contributed by atoms with E-state index in [1.807, 2.05) is 12.4 Å². The Hall–Kier alpha value is -0.400. The Labute approximate surface area is 123 Å². The Bertz CT molecular complexity index is 510. The molecule has 0 unspecified atom stereocenters. The molecule has 0 aliphatic carbocycles. The molecule has 0 saturated carbocycles. The first kappa shape index (κ1) is 13.0. The minimum atomic E-state index is 0.814. The number of nitrogens with zero attached hydrogens (tertiary/aromatic N) is 2. The lowest BCUT2D eigenvalue weighted by Crippen LogP contribution is -2.11. The van der Waals surface area contributed by atoms with Crippen molar-refractivity contribution in [2.24, 2.45) is 0 Å². The van der Waals surface area contributed by atoms with Crippen LogP contribution < -0.4 is 5.32 Å². The summed E-state index contributed by atoms with van der Waals surface area (Å²) in [5, 5.41) is 3.27. The first-order chi connectivity index (χ1) is 8.20. The number of aromatic nitrogens is 2. The van der Waals surface area contributed by atoms with Crippen molar-refractivity contribution in [1.29, 1.82) is 0 Å². The summed E-state index contributed by atoms with van der Waals surface area (Å²) in [5.41, 5.74) is 2.21. The molecule has 0 atom stereocenters. The largest absolute Gasteiger partial charge is 0.311 e. The lowest BCUT2D eigenvalue weighted by molar-refractivity contribution is 0.713. The summed E-state index contributed by atoms with van der Waals surface area (Å²) in [5.74, 6) is 0. The molecule has 0 aliphatic rings. The van der Waals surface area contributed by atoms with Crippen molar-refractivity contribution in [3.05, 3.63) is 44.5 Å². The van der Waals surface area contributed by atoms with Crippen LogP contribution in [0.25, 0.3) is 5.69 Å². The molecule has 0 spiro atoms. The molecule has 2 rings (SSSR count). The lowest BCUT2D eigenvalue weighted by Gasteiger charge is -2.05. The van der Waals surface area contributed by atoms with Gasteiger partial charge in [-0.3, -0.25) is 0 Å². The Morgan fingerprint density at radius 2 is 2.29 bits per heavy atom. The fourth-order valence-corrected chi connectivity index (χ4v) is 2.49. The van der Waals surface area contributed by atoms with Crippen LogP contribution in [0, 0.1) is 3.57 Å². The summed E-state index contributed by atoms with van der Waals surface area (Å²) in [6.07, 6.45) is 3.92. The molecule has 3 nitrogen and oxygen atoms in total. The summed E-state index contributed by atoms with van der Waals surface area (Å²) in [4.78, 5) is 4.38. The zero-order chi connectivity index (χ0) is 12.3. The zero-order valence-electron chi connectivity index (χ0n) is 9.45. The molecular weight excluding hydrogens is 393 g/mol. The topological polar surface area (TPSA) is 29.9 Å². The zero-order valence-corrected chi connectivity index (χ0v) is 13.2. The predicted octanol–water partition coefficient (Wildman–Crippen LogP) is 3.35. The second-order valence-corrected chi connectivity index (χ2v) is 5.73. The molecule has 1 N–H and O–H groups in total. The smallest absolute Gasteiger partial charge is 0.0996 e. The molecule has 0 fully saturated rings. The van der Waals surface area contributed by atoms with Gasteiger partial charge in [0.25, 0.3) is 0 Å². The number of rotatable bonds is 4. The van der Waals surface area contributed by atoms with Crippen LogP contribution in [-0.2, 0) is 6.54 Å². The van der Waals surface area contributed by atoms with Crippen LogP contribution in [0.1, 0.15) is 12.6 Å². The predicted molar refractivity (Wildman–Crippen MR) is 81.4 cm³/mol. The van der Waals surface area contributed by atoms with Gasteiger partial charge in [0.05, 0.1) is 17.7 Å². The van der Waals surface area contributed by atoms with Crippen LogP contribution in [0.4, 0.5) is 0 Å². The number of imidazole rings is 1. The van der Waals surface area contributed by atoms with Gasteiger partial charge in [-0.25, -0.2) is 4.98 Å². The Morgan fingerprint density at radius 1 is 1.47 bits per heavy atom. The maximum absolute atomic E-state index is 4.38. The van der Waals surface area contributed by atoms with Gasteiger partial charge in [-0.15, -0.1) is 0 Å². The van der Waals surface area contributed by atoms with E-state index in [4.69, 9.17) is 0 Å². The van der Waals surface area contributed by atoms with Crippen LogP contribution in [0.3, 0.4) is 0 Å². The molecule has 1 aromatic carbocycles. The van der Waals surface area contributed by atoms with Gasteiger partial charge in [-0.2, -0.15) is 0 Å². The van der Waals surface area contributed by atoms with Crippen LogP contribution in [0.15, 0.2) is 35.2 Å². The van der Waals surface area contributed by atoms with Crippen LogP contribution >= 0.6 is 38.5 Å². The van der Waals surface area contributed by atoms with Crippen molar-refractivity contribution in [2.75, 3.05) is 6.54 Å². The van der Waals surface area contributed by atoms with E-state index in [1.54, 1.807) is 0 Å². The summed E-state index contributed by atoms with van der Waals surface area (Å²) < 4.78 is 4.34. The molecule has 1 heterocycles. The summed E-state index contributed by atoms with van der Waals surface area (Å²) >= 11 is 5.83. The van der Waals surface area contributed by atoms with Crippen LogP contribution in [-0.4, -0.2) is 16.1 Å². The summed E-state index contributed by atoms with van der Waals surface area (Å²) in [6, 6.07) is 6.23. The lowest BCUT2D eigenvalue weighted by atomic mass is 10.3. The maximum atomic E-state index is 4.38. The molecule has 0 radical (unpaired) electrons. The van der Waals surface area contributed by atoms with Gasteiger partial charge in [-0.1, -0.05) is 22.9 Å². The van der Waals surface area contributed by atoms with Crippen molar-refractivity contribution >= 4 is 38.5 Å². The molecule has 90 valence electrons. The number of benzene rings is 1. The Morgan fingerprint density at radius 3 is 3.06 bits per heavy atom. The van der Waals surface area contributed by atoms with Crippen molar-refractivity contribution in [1.82, 2.24) is 14.9 Å². The molecule has 0 saturated heterocycles. The van der Waals surface area contributed by atoms with Crippen LogP contribution in [0.5, 0.6) is 0 Å². The van der Waals surface area contributed by atoms with Gasteiger partial charge >= 0.3 is 0 Å². The Balaban J connectivity index is 2.27. The van der Waals surface area contributed by atoms with E-state index in [0.717, 1.165) is 28.9 Å². The number of halogens is 2. The number of hydrogen-bond acceptors (Lipinski definition) is 2. The van der Waals surface area contributed by atoms with Gasteiger partial charge in [-0.05, 0) is 47.3 Å². The molecular formula is C12H13BrIN3. The minimum Gasteiger partial charge on any atom is -0.311 e. The third-order valence-corrected chi connectivity index (χ3v) is 3.78. The van der Waals surface area contributed by atoms with Gasteiger partial charge in [0.1, 0.15) is 0 Å². The molecule has 1 aromatic heterocycles. The van der Waals surface area contributed by atoms with Gasteiger partial charge < -0.3 is 9.88 Å². The first-order valence-electron chi connectivity index (χ1n) is 5.39. The number of nitrogens with one attached hydrogen (secondary N) is 1. The molecule has 0 aliphatic heterocycles. The first-order valence-corrected chi connectivity index (χ1v) is 7.27. The average Bonchev–Trinajstić information content (AvgIpc) is 2.78. The van der Waals surface area contributed by atoms with Crippen molar-refractivity contribution in [2.45, 2.75) is 13.5 Å². The van der Waals surface area contributed by atoms with Gasteiger partial charge in [0.15, 0.2) is 0 Å². The van der Waals surface area contributed by atoms with E-state index in [9.17, 15) is 0 Å². The third-order valence-electron chi connectivity index (χ3n) is 2.38. The average molecular weight is 406 g/mol. The standard InChI is InChI=1S/C12H13BrIN3/c1-2-15-6-10-7-17(8-16-10)12-5-9(13)3-4-11(12)14/h3-5,7-8,15H,2,6H2,1H3. The fraction of sp³-hybridized carbons (Fsp3) is 0.250. The number of hydrogen-bond donors (Lipinski definition) is 1. The quantitative estimate of drug-likeness (QED) is 0.790. The molecule has 0 bridgehead atoms. The summed E-state index contributed by atoms with van der Waals surface area (Å²) in [6.45, 7) is 3.86. The highest BCUT2D eigenvalue weighted by atomic mass is 127. The Kier molecular flexibility index (Phi) is 4.58. The van der Waals surface area contributed by atoms with E-state index < -0.39 is 0 Å². The highest BCUT2D eigenvalue weighted by Gasteiger charge is 2.04. The highest BCUT2D eigenvalue weighted by Crippen LogP contribution is 2.22. The second-order valence-electron chi connectivity index (χ2n) is 3.65. The van der Waals surface area contributed by atoms with Crippen LogP contribution in [0.2, 0.25) is 0 Å². The molecule has 17 heavy (non-hydrogen) atoms. The highest BCUT2D eigenvalue weighted by molar-refractivity contribution is 14.1. The van der Waals surface area contributed by atoms with E-state index in [1.165, 1.54) is 3.57 Å². The molecule has 5 heteroatoms. The second kappa shape index (κ2) is 5.97. The molecule has 0 amide bonds. The van der Waals surface area contributed by atoms with Gasteiger partial charge in [0, 0.05) is 20.8 Å². The maximum Gasteiger partial charge on any atom is 0.0996 e. The van der Waals surface area contributed by atoms with E-state index in [2.05, 4.69) is 78.6 Å². The minimum absolute atomic E-state index is 0.814.